The quantitative estimate of drug-likeness (QED) is 0.713. The number of halogens is 3. The molecule has 1 aliphatic rings. The lowest BCUT2D eigenvalue weighted by molar-refractivity contribution is -0.150. The second-order valence-corrected chi connectivity index (χ2v) is 5.30. The number of nitrogens with zero attached hydrogens (tertiary/aromatic N) is 1. The zero-order valence-corrected chi connectivity index (χ0v) is 11.2. The lowest BCUT2D eigenvalue weighted by Gasteiger charge is -2.28. The summed E-state index contributed by atoms with van der Waals surface area (Å²) in [6.07, 6.45) is -2.19. The maximum atomic E-state index is 12.4. The summed E-state index contributed by atoms with van der Waals surface area (Å²) in [6, 6.07) is -0.810. The van der Waals surface area contributed by atoms with E-state index in [2.05, 4.69) is 5.32 Å². The molecular formula is C12H21F3N2O2. The van der Waals surface area contributed by atoms with Gasteiger partial charge in [-0.2, -0.15) is 13.2 Å². The molecule has 1 aliphatic carbocycles. The molecule has 4 nitrogen and oxygen atoms in total. The van der Waals surface area contributed by atoms with Gasteiger partial charge in [-0.15, -0.1) is 0 Å². The molecule has 19 heavy (non-hydrogen) atoms. The molecule has 1 fully saturated rings. The summed E-state index contributed by atoms with van der Waals surface area (Å²) in [7, 11) is 0. The fraction of sp³-hybridized carbons (Fsp3) is 0.917. The zero-order valence-electron chi connectivity index (χ0n) is 11.2. The van der Waals surface area contributed by atoms with Crippen LogP contribution in [0, 0.1) is 0 Å². The minimum absolute atomic E-state index is 0.119. The molecule has 7 heteroatoms. The third-order valence-electron chi connectivity index (χ3n) is 3.13. The summed E-state index contributed by atoms with van der Waals surface area (Å²) >= 11 is 0. The first-order valence-corrected chi connectivity index (χ1v) is 6.48. The van der Waals surface area contributed by atoms with Crippen LogP contribution in [0.15, 0.2) is 0 Å². The van der Waals surface area contributed by atoms with Crippen molar-refractivity contribution in [2.24, 2.45) is 0 Å². The van der Waals surface area contributed by atoms with Crippen LogP contribution in [0.2, 0.25) is 0 Å². The van der Waals surface area contributed by atoms with E-state index in [-0.39, 0.29) is 25.0 Å². The van der Waals surface area contributed by atoms with Gasteiger partial charge in [-0.25, -0.2) is 0 Å². The number of nitrogens with one attached hydrogen (secondary N) is 1. The van der Waals surface area contributed by atoms with Gasteiger partial charge in [0.2, 0.25) is 0 Å². The number of hydrogen-bond acceptors (Lipinski definition) is 3. The van der Waals surface area contributed by atoms with Gasteiger partial charge >= 0.3 is 12.1 Å². The molecule has 1 rings (SSSR count). The summed E-state index contributed by atoms with van der Waals surface area (Å²) in [4.78, 5) is 12.3. The van der Waals surface area contributed by atoms with E-state index in [0.717, 1.165) is 12.8 Å². The Bertz CT molecular complexity index is 304. The predicted octanol–water partition coefficient (Wildman–Crippen LogP) is 1.85. The summed E-state index contributed by atoms with van der Waals surface area (Å²) in [6.45, 7) is 2.47. The molecule has 1 unspecified atom stereocenters. The van der Waals surface area contributed by atoms with Gasteiger partial charge in [0, 0.05) is 18.6 Å². The van der Waals surface area contributed by atoms with E-state index in [1.165, 1.54) is 4.90 Å². The number of hydrogen-bond donors (Lipinski definition) is 2. The highest BCUT2D eigenvalue weighted by molar-refractivity contribution is 5.73. The highest BCUT2D eigenvalue weighted by Crippen LogP contribution is 2.21. The molecule has 0 radical (unpaired) electrons. The summed E-state index contributed by atoms with van der Waals surface area (Å²) in [5.74, 6) is -0.998. The van der Waals surface area contributed by atoms with E-state index < -0.39 is 24.7 Å². The van der Waals surface area contributed by atoms with E-state index in [1.807, 2.05) is 0 Å². The number of rotatable bonds is 8. The van der Waals surface area contributed by atoms with Gasteiger partial charge < -0.3 is 10.4 Å². The van der Waals surface area contributed by atoms with Crippen LogP contribution >= 0.6 is 0 Å². The Labute approximate surface area is 111 Å². The summed E-state index contributed by atoms with van der Waals surface area (Å²) in [5.41, 5.74) is 0. The average molecular weight is 282 g/mol. The van der Waals surface area contributed by atoms with E-state index in [4.69, 9.17) is 5.11 Å². The number of alkyl halides is 3. The summed E-state index contributed by atoms with van der Waals surface area (Å²) < 4.78 is 37.2. The Hall–Kier alpha value is -0.820. The van der Waals surface area contributed by atoms with E-state index in [0.29, 0.717) is 0 Å². The Kier molecular flexibility index (Phi) is 5.61. The van der Waals surface area contributed by atoms with Crippen LogP contribution in [0.5, 0.6) is 0 Å². The second-order valence-electron chi connectivity index (χ2n) is 5.30. The van der Waals surface area contributed by atoms with Gasteiger partial charge in [0.15, 0.2) is 0 Å². The third kappa shape index (κ3) is 6.77. The first kappa shape index (κ1) is 16.2. The van der Waals surface area contributed by atoms with Crippen LogP contribution in [0.3, 0.4) is 0 Å². The van der Waals surface area contributed by atoms with E-state index in [9.17, 15) is 18.0 Å². The van der Waals surface area contributed by atoms with Crippen molar-refractivity contribution < 1.29 is 23.1 Å². The van der Waals surface area contributed by atoms with E-state index >= 15 is 0 Å². The fourth-order valence-electron chi connectivity index (χ4n) is 1.86. The average Bonchev–Trinajstić information content (AvgIpc) is 3.03. The third-order valence-corrected chi connectivity index (χ3v) is 3.13. The van der Waals surface area contributed by atoms with E-state index in [1.54, 1.807) is 13.8 Å². The van der Waals surface area contributed by atoms with Crippen LogP contribution in [-0.4, -0.2) is 53.4 Å². The van der Waals surface area contributed by atoms with Crippen molar-refractivity contribution in [2.45, 2.75) is 57.4 Å². The first-order chi connectivity index (χ1) is 8.69. The molecule has 0 heterocycles. The molecule has 0 aromatic carbocycles. The molecule has 0 aromatic heterocycles. The smallest absolute Gasteiger partial charge is 0.401 e. The Morgan fingerprint density at radius 3 is 2.37 bits per heavy atom. The van der Waals surface area contributed by atoms with Crippen molar-refractivity contribution in [3.8, 4) is 0 Å². The molecule has 0 aliphatic heterocycles. The summed E-state index contributed by atoms with van der Waals surface area (Å²) in [5, 5.41) is 12.0. The second kappa shape index (κ2) is 6.56. The minimum atomic E-state index is -4.26. The van der Waals surface area contributed by atoms with Crippen molar-refractivity contribution in [2.75, 3.05) is 13.1 Å². The highest BCUT2D eigenvalue weighted by atomic mass is 19.4. The maximum Gasteiger partial charge on any atom is 0.401 e. The topological polar surface area (TPSA) is 52.6 Å². The molecular weight excluding hydrogens is 261 g/mol. The largest absolute Gasteiger partial charge is 0.480 e. The van der Waals surface area contributed by atoms with Crippen molar-refractivity contribution in [1.29, 1.82) is 0 Å². The number of carboxylic acid groups (broad SMARTS) is 1. The molecule has 1 saturated carbocycles. The van der Waals surface area contributed by atoms with Crippen LogP contribution in [-0.2, 0) is 4.79 Å². The highest BCUT2D eigenvalue weighted by Gasteiger charge is 2.33. The Morgan fingerprint density at radius 1 is 1.42 bits per heavy atom. The lowest BCUT2D eigenvalue weighted by atomic mass is 10.1. The predicted molar refractivity (Wildman–Crippen MR) is 65.0 cm³/mol. The Balaban J connectivity index is 2.45. The van der Waals surface area contributed by atoms with Crippen molar-refractivity contribution in [1.82, 2.24) is 10.2 Å². The monoisotopic (exact) mass is 282 g/mol. The van der Waals surface area contributed by atoms with Crippen LogP contribution in [0.4, 0.5) is 13.2 Å². The first-order valence-electron chi connectivity index (χ1n) is 6.48. The standard InChI is InChI=1S/C12H21F3N2O2/c1-8(2)17(7-12(13,14)15)6-5-10(11(18)19)16-9-3-4-9/h8-10,16H,3-7H2,1-2H3,(H,18,19). The number of aliphatic carboxylic acids is 1. The lowest BCUT2D eigenvalue weighted by Crippen LogP contribution is -2.44. The minimum Gasteiger partial charge on any atom is -0.480 e. The molecule has 0 amide bonds. The van der Waals surface area contributed by atoms with Gasteiger partial charge in [0.1, 0.15) is 6.04 Å². The molecule has 0 bridgehead atoms. The van der Waals surface area contributed by atoms with Gasteiger partial charge in [0.25, 0.3) is 0 Å². The number of carboxylic acids is 1. The van der Waals surface area contributed by atoms with Crippen molar-refractivity contribution in [3.63, 3.8) is 0 Å². The van der Waals surface area contributed by atoms with Crippen LogP contribution in [0.25, 0.3) is 0 Å². The fourth-order valence-corrected chi connectivity index (χ4v) is 1.86. The van der Waals surface area contributed by atoms with Gasteiger partial charge in [-0.3, -0.25) is 9.69 Å². The van der Waals surface area contributed by atoms with Crippen LogP contribution in [0.1, 0.15) is 33.1 Å². The maximum absolute atomic E-state index is 12.4. The number of carbonyl (C=O) groups is 1. The Morgan fingerprint density at radius 2 is 2.00 bits per heavy atom. The molecule has 0 aromatic rings. The SMILES string of the molecule is CC(C)N(CCC(NC1CC1)C(=O)O)CC(F)(F)F. The normalized spacial score (nSPS) is 18.1. The molecule has 0 spiro atoms. The van der Waals surface area contributed by atoms with Crippen molar-refractivity contribution >= 4 is 5.97 Å². The molecule has 2 N–H and O–H groups in total. The van der Waals surface area contributed by atoms with Gasteiger partial charge in [-0.05, 0) is 33.1 Å². The van der Waals surface area contributed by atoms with Gasteiger partial charge in [-0.1, -0.05) is 0 Å². The molecule has 112 valence electrons. The molecule has 0 saturated heterocycles. The molecule has 1 atom stereocenters. The van der Waals surface area contributed by atoms with Gasteiger partial charge in [0.05, 0.1) is 6.54 Å². The zero-order chi connectivity index (χ0) is 14.6. The van der Waals surface area contributed by atoms with Crippen LogP contribution < -0.4 is 5.32 Å². The van der Waals surface area contributed by atoms with Crippen molar-refractivity contribution in [3.05, 3.63) is 0 Å².